The standard InChI is InChI=1S/C15H16BrFN2O/c1-2-13(18)6-10-4-3-5-19-15(10)20-14-8-11(16)7-12(17)9-14/h3-5,7-9,13H,2,6,18H2,1H3. The number of ether oxygens (including phenoxy) is 1. The Morgan fingerprint density at radius 2 is 2.20 bits per heavy atom. The quantitative estimate of drug-likeness (QED) is 0.894. The molecule has 2 rings (SSSR count). The van der Waals surface area contributed by atoms with Crippen molar-refractivity contribution in [2.75, 3.05) is 0 Å². The van der Waals surface area contributed by atoms with Crippen molar-refractivity contribution >= 4 is 15.9 Å². The van der Waals surface area contributed by atoms with E-state index in [0.717, 1.165) is 12.0 Å². The third kappa shape index (κ3) is 4.02. The fourth-order valence-electron chi connectivity index (χ4n) is 1.80. The highest BCUT2D eigenvalue weighted by atomic mass is 79.9. The second kappa shape index (κ2) is 6.81. The van der Waals surface area contributed by atoms with Gasteiger partial charge in [-0.3, -0.25) is 0 Å². The van der Waals surface area contributed by atoms with Crippen LogP contribution < -0.4 is 10.5 Å². The topological polar surface area (TPSA) is 48.1 Å². The van der Waals surface area contributed by atoms with E-state index in [0.29, 0.717) is 22.5 Å². The number of pyridine rings is 1. The van der Waals surface area contributed by atoms with Gasteiger partial charge < -0.3 is 10.5 Å². The smallest absolute Gasteiger partial charge is 0.222 e. The molecule has 1 aromatic carbocycles. The molecule has 1 aromatic heterocycles. The number of nitrogens with two attached hydrogens (primary N) is 1. The van der Waals surface area contributed by atoms with Crippen molar-refractivity contribution in [1.29, 1.82) is 0 Å². The highest BCUT2D eigenvalue weighted by Crippen LogP contribution is 2.27. The van der Waals surface area contributed by atoms with Gasteiger partial charge >= 0.3 is 0 Å². The van der Waals surface area contributed by atoms with Crippen LogP contribution in [0.3, 0.4) is 0 Å². The second-order valence-corrected chi connectivity index (χ2v) is 5.46. The minimum Gasteiger partial charge on any atom is -0.439 e. The van der Waals surface area contributed by atoms with Crippen LogP contribution in [0, 0.1) is 5.82 Å². The van der Waals surface area contributed by atoms with Crippen molar-refractivity contribution in [1.82, 2.24) is 4.98 Å². The van der Waals surface area contributed by atoms with Crippen LogP contribution in [0.2, 0.25) is 0 Å². The van der Waals surface area contributed by atoms with Crippen molar-refractivity contribution in [2.24, 2.45) is 5.73 Å². The van der Waals surface area contributed by atoms with E-state index in [1.165, 1.54) is 12.1 Å². The summed E-state index contributed by atoms with van der Waals surface area (Å²) in [5, 5.41) is 0. The van der Waals surface area contributed by atoms with Gasteiger partial charge in [-0.05, 0) is 31.0 Å². The van der Waals surface area contributed by atoms with Crippen LogP contribution in [-0.2, 0) is 6.42 Å². The number of aromatic nitrogens is 1. The highest BCUT2D eigenvalue weighted by Gasteiger charge is 2.10. The van der Waals surface area contributed by atoms with Gasteiger partial charge in [-0.2, -0.15) is 0 Å². The Morgan fingerprint density at radius 1 is 1.40 bits per heavy atom. The molecule has 0 saturated heterocycles. The molecular weight excluding hydrogens is 323 g/mol. The van der Waals surface area contributed by atoms with E-state index in [1.54, 1.807) is 12.3 Å². The minimum absolute atomic E-state index is 0.0563. The van der Waals surface area contributed by atoms with Gasteiger partial charge in [0, 0.05) is 28.3 Å². The summed E-state index contributed by atoms with van der Waals surface area (Å²) < 4.78 is 19.6. The summed E-state index contributed by atoms with van der Waals surface area (Å²) in [6.07, 6.45) is 3.20. The predicted molar refractivity (Wildman–Crippen MR) is 80.4 cm³/mol. The summed E-state index contributed by atoms with van der Waals surface area (Å²) >= 11 is 3.24. The summed E-state index contributed by atoms with van der Waals surface area (Å²) in [5.74, 6) is 0.507. The van der Waals surface area contributed by atoms with Crippen LogP contribution >= 0.6 is 15.9 Å². The fourth-order valence-corrected chi connectivity index (χ4v) is 2.24. The zero-order chi connectivity index (χ0) is 14.5. The molecule has 20 heavy (non-hydrogen) atoms. The molecule has 5 heteroatoms. The van der Waals surface area contributed by atoms with Crippen LogP contribution in [0.1, 0.15) is 18.9 Å². The molecule has 0 aliphatic carbocycles. The lowest BCUT2D eigenvalue weighted by atomic mass is 10.1. The fraction of sp³-hybridized carbons (Fsp3) is 0.267. The molecule has 0 amide bonds. The number of nitrogens with zero attached hydrogens (tertiary/aromatic N) is 1. The molecule has 1 atom stereocenters. The van der Waals surface area contributed by atoms with Gasteiger partial charge in [-0.1, -0.05) is 28.9 Å². The maximum Gasteiger partial charge on any atom is 0.222 e. The van der Waals surface area contributed by atoms with Crippen LogP contribution in [0.25, 0.3) is 0 Å². The molecule has 0 fully saturated rings. The Hall–Kier alpha value is -1.46. The van der Waals surface area contributed by atoms with Crippen LogP contribution in [0.5, 0.6) is 11.6 Å². The van der Waals surface area contributed by atoms with Gasteiger partial charge in [-0.15, -0.1) is 0 Å². The number of hydrogen-bond donors (Lipinski definition) is 1. The lowest BCUT2D eigenvalue weighted by molar-refractivity contribution is 0.448. The third-order valence-corrected chi connectivity index (χ3v) is 3.36. The first kappa shape index (κ1) is 14.9. The summed E-state index contributed by atoms with van der Waals surface area (Å²) in [4.78, 5) is 4.21. The van der Waals surface area contributed by atoms with Gasteiger partial charge in [0.25, 0.3) is 0 Å². The van der Waals surface area contributed by atoms with Crippen molar-refractivity contribution in [3.8, 4) is 11.6 Å². The summed E-state index contributed by atoms with van der Waals surface area (Å²) in [5.41, 5.74) is 6.88. The van der Waals surface area contributed by atoms with Crippen LogP contribution in [0.4, 0.5) is 4.39 Å². The maximum absolute atomic E-state index is 13.3. The van der Waals surface area contributed by atoms with E-state index in [1.807, 2.05) is 19.1 Å². The van der Waals surface area contributed by atoms with E-state index in [-0.39, 0.29) is 11.9 Å². The summed E-state index contributed by atoms with van der Waals surface area (Å²) in [6, 6.07) is 8.21. The molecule has 0 saturated carbocycles. The van der Waals surface area contributed by atoms with Gasteiger partial charge in [0.15, 0.2) is 0 Å². The van der Waals surface area contributed by atoms with Crippen LogP contribution in [-0.4, -0.2) is 11.0 Å². The largest absolute Gasteiger partial charge is 0.439 e. The summed E-state index contributed by atoms with van der Waals surface area (Å²) in [6.45, 7) is 2.03. The Morgan fingerprint density at radius 3 is 2.90 bits per heavy atom. The first-order valence-corrected chi connectivity index (χ1v) is 7.21. The first-order chi connectivity index (χ1) is 9.58. The van der Waals surface area contributed by atoms with E-state index >= 15 is 0 Å². The zero-order valence-corrected chi connectivity index (χ0v) is 12.7. The number of halogens is 2. The molecular formula is C15H16BrFN2O. The Balaban J connectivity index is 2.24. The number of hydrogen-bond acceptors (Lipinski definition) is 3. The van der Waals surface area contributed by atoms with E-state index in [9.17, 15) is 4.39 Å². The maximum atomic E-state index is 13.3. The monoisotopic (exact) mass is 338 g/mol. The van der Waals surface area contributed by atoms with E-state index in [4.69, 9.17) is 10.5 Å². The molecule has 106 valence electrons. The SMILES string of the molecule is CCC(N)Cc1cccnc1Oc1cc(F)cc(Br)c1. The average Bonchev–Trinajstić information content (AvgIpc) is 2.39. The molecule has 0 bridgehead atoms. The average molecular weight is 339 g/mol. The molecule has 2 aromatic rings. The number of rotatable bonds is 5. The molecule has 2 N–H and O–H groups in total. The molecule has 0 aliphatic rings. The Bertz CT molecular complexity index is 572. The molecule has 0 radical (unpaired) electrons. The molecule has 0 spiro atoms. The molecule has 1 heterocycles. The van der Waals surface area contributed by atoms with Gasteiger partial charge in [0.1, 0.15) is 11.6 Å². The highest BCUT2D eigenvalue weighted by molar-refractivity contribution is 9.10. The zero-order valence-electron chi connectivity index (χ0n) is 11.1. The van der Waals surface area contributed by atoms with Gasteiger partial charge in [0.2, 0.25) is 5.88 Å². The van der Waals surface area contributed by atoms with Crippen molar-refractivity contribution in [3.05, 3.63) is 52.4 Å². The van der Waals surface area contributed by atoms with Crippen LogP contribution in [0.15, 0.2) is 41.0 Å². The predicted octanol–water partition coefficient (Wildman–Crippen LogP) is 4.06. The Labute approximate surface area is 126 Å². The van der Waals surface area contributed by atoms with Crippen molar-refractivity contribution in [2.45, 2.75) is 25.8 Å². The van der Waals surface area contributed by atoms with Gasteiger partial charge in [-0.25, -0.2) is 9.37 Å². The second-order valence-electron chi connectivity index (χ2n) is 4.55. The van der Waals surface area contributed by atoms with E-state index in [2.05, 4.69) is 20.9 Å². The van der Waals surface area contributed by atoms with Gasteiger partial charge in [0.05, 0.1) is 0 Å². The molecule has 3 nitrogen and oxygen atoms in total. The first-order valence-electron chi connectivity index (χ1n) is 6.42. The normalized spacial score (nSPS) is 12.2. The lowest BCUT2D eigenvalue weighted by Crippen LogP contribution is -2.21. The molecule has 0 aliphatic heterocycles. The lowest BCUT2D eigenvalue weighted by Gasteiger charge is -2.13. The summed E-state index contributed by atoms with van der Waals surface area (Å²) in [7, 11) is 0. The minimum atomic E-state index is -0.364. The third-order valence-electron chi connectivity index (χ3n) is 2.91. The number of benzene rings is 1. The van der Waals surface area contributed by atoms with E-state index < -0.39 is 0 Å². The van der Waals surface area contributed by atoms with Crippen molar-refractivity contribution < 1.29 is 9.13 Å². The Kier molecular flexibility index (Phi) is 5.09. The van der Waals surface area contributed by atoms with Crippen molar-refractivity contribution in [3.63, 3.8) is 0 Å². The molecule has 1 unspecified atom stereocenters.